The number of hydrogen-bond donors (Lipinski definition) is 0. The van der Waals surface area contributed by atoms with Crippen LogP contribution in [0.4, 0.5) is 5.82 Å². The van der Waals surface area contributed by atoms with Crippen molar-refractivity contribution in [1.29, 1.82) is 0 Å². The Hall–Kier alpha value is -4.00. The second kappa shape index (κ2) is 6.27. The molecule has 0 radical (unpaired) electrons. The van der Waals surface area contributed by atoms with Gasteiger partial charge < -0.3 is 9.42 Å². The highest BCUT2D eigenvalue weighted by molar-refractivity contribution is 5.79. The summed E-state index contributed by atoms with van der Waals surface area (Å²) in [4.78, 5) is 11.0. The van der Waals surface area contributed by atoms with Gasteiger partial charge in [0.25, 0.3) is 0 Å². The van der Waals surface area contributed by atoms with Gasteiger partial charge in [0.15, 0.2) is 16.9 Å². The van der Waals surface area contributed by atoms with Gasteiger partial charge in [-0.2, -0.15) is 0 Å². The van der Waals surface area contributed by atoms with Gasteiger partial charge in [0.2, 0.25) is 0 Å². The van der Waals surface area contributed by atoms with Gasteiger partial charge in [0.1, 0.15) is 0 Å². The number of anilines is 1. The Bertz CT molecular complexity index is 1480. The lowest BCUT2D eigenvalue weighted by atomic mass is 10.1. The van der Waals surface area contributed by atoms with Crippen molar-refractivity contribution in [1.82, 2.24) is 24.7 Å². The summed E-state index contributed by atoms with van der Waals surface area (Å²) in [5, 5.41) is 10.8. The molecular formula is C22H16N6O. The molecule has 140 valence electrons. The summed E-state index contributed by atoms with van der Waals surface area (Å²) in [5.41, 5.74) is 4.87. The van der Waals surface area contributed by atoms with E-state index in [1.807, 2.05) is 47.4 Å². The van der Waals surface area contributed by atoms with Gasteiger partial charge in [-0.25, -0.2) is 9.50 Å². The minimum absolute atomic E-state index is 0.683. The van der Waals surface area contributed by atoms with Crippen molar-refractivity contribution >= 4 is 34.6 Å². The molecule has 0 unspecified atom stereocenters. The van der Waals surface area contributed by atoms with Crippen LogP contribution in [0.1, 0.15) is 11.3 Å². The maximum absolute atomic E-state index is 5.21. The fraction of sp³-hybridized carbons (Fsp3) is 0.0909. The molecule has 1 aromatic carbocycles. The van der Waals surface area contributed by atoms with Gasteiger partial charge in [-0.3, -0.25) is 4.98 Å². The van der Waals surface area contributed by atoms with E-state index in [0.29, 0.717) is 6.54 Å². The van der Waals surface area contributed by atoms with E-state index in [4.69, 9.17) is 9.62 Å². The van der Waals surface area contributed by atoms with Crippen LogP contribution in [0.3, 0.4) is 0 Å². The van der Waals surface area contributed by atoms with Crippen molar-refractivity contribution < 1.29 is 4.52 Å². The Morgan fingerprint density at radius 3 is 3.03 bits per heavy atom. The lowest BCUT2D eigenvalue weighted by molar-refractivity contribution is 0.393. The molecule has 0 fully saturated rings. The van der Waals surface area contributed by atoms with Gasteiger partial charge >= 0.3 is 0 Å². The molecule has 1 aliphatic rings. The normalized spacial score (nSPS) is 13.3. The lowest BCUT2D eigenvalue weighted by Crippen LogP contribution is -2.33. The first-order chi connectivity index (χ1) is 14.3. The number of nitrogens with zero attached hydrogens (tertiary/aromatic N) is 6. The van der Waals surface area contributed by atoms with E-state index in [1.54, 1.807) is 6.20 Å². The van der Waals surface area contributed by atoms with Crippen molar-refractivity contribution in [3.8, 4) is 0 Å². The highest BCUT2D eigenvalue weighted by Gasteiger charge is 2.12. The molecule has 5 aromatic rings. The zero-order valence-corrected chi connectivity index (χ0v) is 15.4. The average molecular weight is 380 g/mol. The molecule has 1 aliphatic heterocycles. The fourth-order valence-electron chi connectivity index (χ4n) is 3.70. The van der Waals surface area contributed by atoms with Gasteiger partial charge in [-0.1, -0.05) is 17.3 Å². The second-order valence-electron chi connectivity index (χ2n) is 7.05. The third-order valence-electron chi connectivity index (χ3n) is 5.16. The van der Waals surface area contributed by atoms with Gasteiger partial charge in [0.05, 0.1) is 28.8 Å². The van der Waals surface area contributed by atoms with E-state index >= 15 is 0 Å². The molecule has 0 amide bonds. The molecule has 29 heavy (non-hydrogen) atoms. The van der Waals surface area contributed by atoms with Crippen molar-refractivity contribution in [2.24, 2.45) is 0 Å². The van der Waals surface area contributed by atoms with Crippen LogP contribution in [0.25, 0.3) is 28.8 Å². The summed E-state index contributed by atoms with van der Waals surface area (Å²) in [5.74, 6) is 0.850. The van der Waals surface area contributed by atoms with Crippen LogP contribution in [0.5, 0.6) is 0 Å². The van der Waals surface area contributed by atoms with Gasteiger partial charge in [-0.05, 0) is 42.0 Å². The highest BCUT2D eigenvalue weighted by atomic mass is 16.5. The third kappa shape index (κ3) is 2.75. The summed E-state index contributed by atoms with van der Waals surface area (Å²) in [6.45, 7) is 0.683. The Morgan fingerprint density at radius 1 is 1.03 bits per heavy atom. The maximum Gasteiger partial charge on any atom is 0.166 e. The zero-order chi connectivity index (χ0) is 19.2. The fourth-order valence-corrected chi connectivity index (χ4v) is 3.70. The largest absolute Gasteiger partial charge is 0.357 e. The minimum Gasteiger partial charge on any atom is -0.357 e. The van der Waals surface area contributed by atoms with E-state index in [0.717, 1.165) is 45.1 Å². The third-order valence-corrected chi connectivity index (χ3v) is 5.16. The number of imidazole rings is 1. The first-order valence-electron chi connectivity index (χ1n) is 9.40. The Labute approximate surface area is 165 Å². The molecule has 7 heteroatoms. The summed E-state index contributed by atoms with van der Waals surface area (Å²) < 4.78 is 7.13. The molecule has 5 heterocycles. The molecule has 0 atom stereocenters. The molecule has 0 saturated heterocycles. The van der Waals surface area contributed by atoms with E-state index in [1.165, 1.54) is 5.56 Å². The topological polar surface area (TPSA) is 72.4 Å². The summed E-state index contributed by atoms with van der Waals surface area (Å²) >= 11 is 0. The number of hydrogen-bond acceptors (Lipinski definition) is 6. The van der Waals surface area contributed by atoms with Crippen molar-refractivity contribution in [3.63, 3.8) is 0 Å². The first-order valence-corrected chi connectivity index (χ1v) is 9.40. The van der Waals surface area contributed by atoms with Gasteiger partial charge in [-0.15, -0.1) is 5.10 Å². The highest BCUT2D eigenvalue weighted by Crippen LogP contribution is 2.19. The SMILES string of the molecule is C1=c2cnoc2=CCN1c1ccc2ncc(Cc3ccc4ncccc4c3)n2n1. The van der Waals surface area contributed by atoms with E-state index in [2.05, 4.69) is 44.3 Å². The Morgan fingerprint density at radius 2 is 2.03 bits per heavy atom. The van der Waals surface area contributed by atoms with Crippen LogP contribution in [-0.2, 0) is 6.42 Å². The first kappa shape index (κ1) is 16.0. The molecule has 0 N–H and O–H groups in total. The van der Waals surface area contributed by atoms with Crippen molar-refractivity contribution in [2.45, 2.75) is 6.42 Å². The summed E-state index contributed by atoms with van der Waals surface area (Å²) in [6, 6.07) is 14.4. The standard InChI is InChI=1S/C22H16N6O/c1-2-16-10-15(3-4-19(16)23-8-1)11-18-13-24-21-5-6-22(26-28(18)21)27-9-7-20-17(14-27)12-25-29-20/h1-8,10,12-14H,9,11H2. The van der Waals surface area contributed by atoms with Gasteiger partial charge in [0, 0.05) is 30.7 Å². The molecule has 0 bridgehead atoms. The monoisotopic (exact) mass is 380 g/mol. The molecule has 6 rings (SSSR count). The van der Waals surface area contributed by atoms with Crippen LogP contribution in [0, 0.1) is 0 Å². The average Bonchev–Trinajstić information content (AvgIpc) is 3.40. The zero-order valence-electron chi connectivity index (χ0n) is 15.4. The summed E-state index contributed by atoms with van der Waals surface area (Å²) in [6.07, 6.45) is 10.2. The summed E-state index contributed by atoms with van der Waals surface area (Å²) in [7, 11) is 0. The minimum atomic E-state index is 0.683. The van der Waals surface area contributed by atoms with Crippen LogP contribution in [0.2, 0.25) is 0 Å². The number of pyridine rings is 1. The van der Waals surface area contributed by atoms with Crippen molar-refractivity contribution in [3.05, 3.63) is 82.9 Å². The predicted octanol–water partition coefficient (Wildman–Crippen LogP) is 1.89. The number of aromatic nitrogens is 5. The molecular weight excluding hydrogens is 364 g/mol. The number of rotatable bonds is 3. The van der Waals surface area contributed by atoms with Crippen LogP contribution in [0.15, 0.2) is 65.6 Å². The lowest BCUT2D eigenvalue weighted by Gasteiger charge is -2.18. The molecule has 7 nitrogen and oxygen atoms in total. The molecule has 0 spiro atoms. The van der Waals surface area contributed by atoms with E-state index in [-0.39, 0.29) is 0 Å². The Balaban J connectivity index is 1.37. The Kier molecular flexibility index (Phi) is 3.46. The van der Waals surface area contributed by atoms with Crippen molar-refractivity contribution in [2.75, 3.05) is 11.4 Å². The smallest absolute Gasteiger partial charge is 0.166 e. The molecule has 0 aliphatic carbocycles. The van der Waals surface area contributed by atoms with E-state index in [9.17, 15) is 0 Å². The van der Waals surface area contributed by atoms with Crippen LogP contribution >= 0.6 is 0 Å². The number of fused-ring (bicyclic) bond motifs is 3. The predicted molar refractivity (Wildman–Crippen MR) is 110 cm³/mol. The maximum atomic E-state index is 5.21. The number of benzene rings is 1. The second-order valence-corrected chi connectivity index (χ2v) is 7.05. The quantitative estimate of drug-likeness (QED) is 0.476. The van der Waals surface area contributed by atoms with Crippen LogP contribution < -0.4 is 15.5 Å². The van der Waals surface area contributed by atoms with E-state index < -0.39 is 0 Å². The van der Waals surface area contributed by atoms with Crippen LogP contribution in [-0.4, -0.2) is 31.3 Å². The molecule has 4 aromatic heterocycles. The molecule has 0 saturated carbocycles.